The van der Waals surface area contributed by atoms with Gasteiger partial charge in [-0.2, -0.15) is 0 Å². The second-order valence-corrected chi connectivity index (χ2v) is 5.25. The van der Waals surface area contributed by atoms with Crippen LogP contribution in [0, 0.1) is 0 Å². The molecular weight excluding hydrogens is 278 g/mol. The summed E-state index contributed by atoms with van der Waals surface area (Å²) in [5.41, 5.74) is 1.75. The molecule has 0 fully saturated rings. The maximum atomic E-state index is 12.4. The minimum Gasteiger partial charge on any atom is -0.491 e. The van der Waals surface area contributed by atoms with Crippen LogP contribution in [-0.4, -0.2) is 18.6 Å². The molecule has 0 spiro atoms. The molecule has 0 aromatic heterocycles. The fourth-order valence-electron chi connectivity index (χ4n) is 2.45. The van der Waals surface area contributed by atoms with Crippen LogP contribution in [0.5, 0.6) is 11.5 Å². The highest BCUT2D eigenvalue weighted by Gasteiger charge is 2.29. The molecule has 4 heteroatoms. The van der Waals surface area contributed by atoms with Crippen LogP contribution in [0.2, 0.25) is 0 Å². The van der Waals surface area contributed by atoms with E-state index in [0.717, 1.165) is 17.7 Å². The Kier molecular flexibility index (Phi) is 4.28. The Morgan fingerprint density at radius 1 is 1.23 bits per heavy atom. The summed E-state index contributed by atoms with van der Waals surface area (Å²) < 4.78 is 11.4. The molecule has 22 heavy (non-hydrogen) atoms. The minimum atomic E-state index is -0.489. The van der Waals surface area contributed by atoms with Crippen LogP contribution in [-0.2, 0) is 11.2 Å². The Labute approximate surface area is 130 Å². The van der Waals surface area contributed by atoms with E-state index < -0.39 is 6.10 Å². The van der Waals surface area contributed by atoms with Crippen LogP contribution in [0.1, 0.15) is 18.9 Å². The maximum absolute atomic E-state index is 12.4. The standard InChI is InChI=1S/C18H19NO3/c1-2-11-21-16-10-6-4-8-14(16)19-18(20)17-12-13-7-3-5-9-15(13)22-17/h3-10,17H,2,11-12H2,1H3,(H,19,20). The van der Waals surface area contributed by atoms with Crippen LogP contribution in [0.4, 0.5) is 5.69 Å². The molecule has 2 aromatic carbocycles. The number of rotatable bonds is 5. The quantitative estimate of drug-likeness (QED) is 0.920. The van der Waals surface area contributed by atoms with Gasteiger partial charge in [-0.1, -0.05) is 37.3 Å². The van der Waals surface area contributed by atoms with E-state index in [1.807, 2.05) is 55.5 Å². The first kappa shape index (κ1) is 14.4. The van der Waals surface area contributed by atoms with Crippen molar-refractivity contribution in [1.29, 1.82) is 0 Å². The van der Waals surface area contributed by atoms with Gasteiger partial charge in [0.1, 0.15) is 11.5 Å². The molecular formula is C18H19NO3. The lowest BCUT2D eigenvalue weighted by Gasteiger charge is -2.14. The third-order valence-electron chi connectivity index (χ3n) is 3.55. The molecule has 0 radical (unpaired) electrons. The van der Waals surface area contributed by atoms with Gasteiger partial charge in [0.05, 0.1) is 12.3 Å². The van der Waals surface area contributed by atoms with Crippen molar-refractivity contribution in [2.45, 2.75) is 25.9 Å². The zero-order valence-corrected chi connectivity index (χ0v) is 12.5. The normalized spacial score (nSPS) is 15.8. The van der Waals surface area contributed by atoms with Gasteiger partial charge in [0, 0.05) is 6.42 Å². The summed E-state index contributed by atoms with van der Waals surface area (Å²) in [6.45, 7) is 2.67. The predicted octanol–water partition coefficient (Wildman–Crippen LogP) is 3.42. The number of anilines is 1. The molecule has 4 nitrogen and oxygen atoms in total. The average molecular weight is 297 g/mol. The van der Waals surface area contributed by atoms with Crippen LogP contribution in [0.15, 0.2) is 48.5 Å². The first-order chi connectivity index (χ1) is 10.8. The Morgan fingerprint density at radius 3 is 2.82 bits per heavy atom. The molecule has 0 bridgehead atoms. The molecule has 1 aliphatic rings. The first-order valence-electron chi connectivity index (χ1n) is 7.55. The molecule has 0 saturated carbocycles. The van der Waals surface area contributed by atoms with Crippen molar-refractivity contribution in [3.05, 3.63) is 54.1 Å². The topological polar surface area (TPSA) is 47.6 Å². The second-order valence-electron chi connectivity index (χ2n) is 5.25. The number of fused-ring (bicyclic) bond motifs is 1. The van der Waals surface area contributed by atoms with Crippen molar-refractivity contribution in [2.24, 2.45) is 0 Å². The van der Waals surface area contributed by atoms with Gasteiger partial charge in [-0.05, 0) is 30.2 Å². The van der Waals surface area contributed by atoms with Crippen LogP contribution in [0.3, 0.4) is 0 Å². The molecule has 114 valence electrons. The molecule has 0 aliphatic carbocycles. The number of nitrogens with one attached hydrogen (secondary N) is 1. The van der Waals surface area contributed by atoms with E-state index in [9.17, 15) is 4.79 Å². The number of amides is 1. The van der Waals surface area contributed by atoms with E-state index in [1.54, 1.807) is 0 Å². The van der Waals surface area contributed by atoms with Crippen LogP contribution in [0.25, 0.3) is 0 Å². The van der Waals surface area contributed by atoms with Crippen molar-refractivity contribution < 1.29 is 14.3 Å². The van der Waals surface area contributed by atoms with Gasteiger partial charge in [-0.15, -0.1) is 0 Å². The van der Waals surface area contributed by atoms with Gasteiger partial charge in [0.25, 0.3) is 5.91 Å². The fourth-order valence-corrected chi connectivity index (χ4v) is 2.45. The van der Waals surface area contributed by atoms with Gasteiger partial charge in [-0.25, -0.2) is 0 Å². The third-order valence-corrected chi connectivity index (χ3v) is 3.55. The van der Waals surface area contributed by atoms with E-state index in [0.29, 0.717) is 24.5 Å². The van der Waals surface area contributed by atoms with Crippen molar-refractivity contribution in [3.8, 4) is 11.5 Å². The summed E-state index contributed by atoms with van der Waals surface area (Å²) in [5, 5.41) is 2.91. The Morgan fingerprint density at radius 2 is 2.00 bits per heavy atom. The molecule has 1 N–H and O–H groups in total. The van der Waals surface area contributed by atoms with Gasteiger partial charge in [0.2, 0.25) is 0 Å². The molecule has 1 atom stereocenters. The minimum absolute atomic E-state index is 0.149. The monoisotopic (exact) mass is 297 g/mol. The van der Waals surface area contributed by atoms with E-state index in [4.69, 9.17) is 9.47 Å². The summed E-state index contributed by atoms with van der Waals surface area (Å²) in [7, 11) is 0. The summed E-state index contributed by atoms with van der Waals surface area (Å²) in [5.74, 6) is 1.33. The molecule has 1 amide bonds. The molecule has 2 aromatic rings. The summed E-state index contributed by atoms with van der Waals surface area (Å²) in [6, 6.07) is 15.2. The lowest BCUT2D eigenvalue weighted by Crippen LogP contribution is -2.31. The zero-order chi connectivity index (χ0) is 15.4. The highest BCUT2D eigenvalue weighted by molar-refractivity contribution is 5.96. The third kappa shape index (κ3) is 3.06. The number of para-hydroxylation sites is 3. The molecule has 1 aliphatic heterocycles. The van der Waals surface area contributed by atoms with Gasteiger partial charge < -0.3 is 14.8 Å². The van der Waals surface area contributed by atoms with Crippen molar-refractivity contribution in [1.82, 2.24) is 0 Å². The number of benzene rings is 2. The summed E-state index contributed by atoms with van der Waals surface area (Å²) in [4.78, 5) is 12.4. The van der Waals surface area contributed by atoms with Crippen LogP contribution < -0.4 is 14.8 Å². The van der Waals surface area contributed by atoms with E-state index in [1.165, 1.54) is 0 Å². The van der Waals surface area contributed by atoms with E-state index in [-0.39, 0.29) is 5.91 Å². The van der Waals surface area contributed by atoms with Gasteiger partial charge in [-0.3, -0.25) is 4.79 Å². The summed E-state index contributed by atoms with van der Waals surface area (Å²) in [6.07, 6.45) is 1.03. The molecule has 3 rings (SSSR count). The van der Waals surface area contributed by atoms with Crippen molar-refractivity contribution in [2.75, 3.05) is 11.9 Å². The van der Waals surface area contributed by atoms with Crippen molar-refractivity contribution in [3.63, 3.8) is 0 Å². The number of hydrogen-bond acceptors (Lipinski definition) is 3. The lowest BCUT2D eigenvalue weighted by molar-refractivity contribution is -0.122. The summed E-state index contributed by atoms with van der Waals surface area (Å²) >= 11 is 0. The molecule has 1 heterocycles. The zero-order valence-electron chi connectivity index (χ0n) is 12.5. The molecule has 0 saturated heterocycles. The predicted molar refractivity (Wildman–Crippen MR) is 85.4 cm³/mol. The van der Waals surface area contributed by atoms with Gasteiger partial charge >= 0.3 is 0 Å². The number of hydrogen-bond donors (Lipinski definition) is 1. The molecule has 1 unspecified atom stereocenters. The SMILES string of the molecule is CCCOc1ccccc1NC(=O)C1Cc2ccccc2O1. The highest BCUT2D eigenvalue weighted by atomic mass is 16.5. The van der Waals surface area contributed by atoms with Crippen LogP contribution >= 0.6 is 0 Å². The highest BCUT2D eigenvalue weighted by Crippen LogP contribution is 2.30. The van der Waals surface area contributed by atoms with E-state index in [2.05, 4.69) is 5.32 Å². The van der Waals surface area contributed by atoms with Crippen molar-refractivity contribution >= 4 is 11.6 Å². The fraction of sp³-hybridized carbons (Fsp3) is 0.278. The number of carbonyl (C=O) groups is 1. The Bertz CT molecular complexity index is 644. The Balaban J connectivity index is 1.68. The smallest absolute Gasteiger partial charge is 0.265 e. The largest absolute Gasteiger partial charge is 0.491 e. The number of ether oxygens (including phenoxy) is 2. The number of carbonyl (C=O) groups excluding carboxylic acids is 1. The second kappa shape index (κ2) is 6.52. The van der Waals surface area contributed by atoms with Gasteiger partial charge in [0.15, 0.2) is 6.10 Å². The first-order valence-corrected chi connectivity index (χ1v) is 7.55. The van der Waals surface area contributed by atoms with E-state index >= 15 is 0 Å². The maximum Gasteiger partial charge on any atom is 0.265 e. The average Bonchev–Trinajstić information content (AvgIpc) is 2.98. The Hall–Kier alpha value is -2.49. The lowest BCUT2D eigenvalue weighted by atomic mass is 10.1.